The lowest BCUT2D eigenvalue weighted by atomic mass is 10.0. The first-order valence-corrected chi connectivity index (χ1v) is 9.28. The summed E-state index contributed by atoms with van der Waals surface area (Å²) in [5.74, 6) is 2.43. The highest BCUT2D eigenvalue weighted by Gasteiger charge is 2.28. The topological polar surface area (TPSA) is 115 Å². The van der Waals surface area contributed by atoms with Crippen LogP contribution in [0.25, 0.3) is 22.3 Å². The number of nitrogens with one attached hydrogen (secondary N) is 2. The average Bonchev–Trinajstić information content (AvgIpc) is 3.37. The van der Waals surface area contributed by atoms with Gasteiger partial charge in [-0.25, -0.2) is 9.98 Å². The summed E-state index contributed by atoms with van der Waals surface area (Å²) in [6.07, 6.45) is 1.37. The number of anilines is 1. The van der Waals surface area contributed by atoms with Crippen molar-refractivity contribution in [1.29, 1.82) is 0 Å². The van der Waals surface area contributed by atoms with Crippen molar-refractivity contribution in [3.63, 3.8) is 0 Å². The van der Waals surface area contributed by atoms with Crippen LogP contribution in [-0.4, -0.2) is 38.9 Å². The number of nitrogens with two attached hydrogens (primary N) is 1. The normalized spacial score (nSPS) is 17.5. The zero-order valence-corrected chi connectivity index (χ0v) is 15.3. The Labute approximate surface area is 165 Å². The maximum Gasteiger partial charge on any atom is 0.212 e. The van der Waals surface area contributed by atoms with Gasteiger partial charge in [-0.15, -0.1) is 0 Å². The Morgan fingerprint density at radius 3 is 2.86 bits per heavy atom. The van der Waals surface area contributed by atoms with E-state index in [0.29, 0.717) is 25.1 Å². The molecule has 0 aliphatic carbocycles. The third-order valence-electron chi connectivity index (χ3n) is 5.12. The first kappa shape index (κ1) is 16.0. The number of benzene rings is 2. The van der Waals surface area contributed by atoms with Crippen molar-refractivity contribution >= 4 is 22.9 Å². The summed E-state index contributed by atoms with van der Waals surface area (Å²) in [7, 11) is 0. The predicted octanol–water partition coefficient (Wildman–Crippen LogP) is 2.48. The van der Waals surface area contributed by atoms with Crippen molar-refractivity contribution in [2.24, 2.45) is 10.7 Å². The van der Waals surface area contributed by atoms with Crippen molar-refractivity contribution in [1.82, 2.24) is 19.7 Å². The van der Waals surface area contributed by atoms with Crippen molar-refractivity contribution in [2.75, 3.05) is 18.5 Å². The number of para-hydroxylation sites is 2. The van der Waals surface area contributed by atoms with E-state index in [2.05, 4.69) is 25.5 Å². The van der Waals surface area contributed by atoms with Crippen molar-refractivity contribution in [3.8, 4) is 22.8 Å². The van der Waals surface area contributed by atoms with Gasteiger partial charge in [-0.1, -0.05) is 12.1 Å². The fourth-order valence-corrected chi connectivity index (χ4v) is 3.85. The van der Waals surface area contributed by atoms with Crippen LogP contribution in [-0.2, 0) is 0 Å². The highest BCUT2D eigenvalue weighted by Crippen LogP contribution is 2.39. The molecule has 1 atom stereocenters. The van der Waals surface area contributed by atoms with Crippen LogP contribution in [0.1, 0.15) is 11.7 Å². The second-order valence-corrected chi connectivity index (χ2v) is 6.87. The van der Waals surface area contributed by atoms with Crippen molar-refractivity contribution in [2.45, 2.75) is 6.17 Å². The van der Waals surface area contributed by atoms with Crippen molar-refractivity contribution < 1.29 is 9.47 Å². The number of nitrogens with zero attached hydrogens (tertiary/aromatic N) is 4. The molecule has 0 bridgehead atoms. The number of imidazole rings is 1. The van der Waals surface area contributed by atoms with Crippen LogP contribution in [0.3, 0.4) is 0 Å². The number of aromatic amines is 1. The van der Waals surface area contributed by atoms with Crippen LogP contribution in [0, 0.1) is 0 Å². The molecule has 0 saturated heterocycles. The molecule has 0 radical (unpaired) electrons. The molecular weight excluding hydrogens is 370 g/mol. The fraction of sp³-hybridized carbons (Fsp3) is 0.150. The molecule has 2 aromatic carbocycles. The second-order valence-electron chi connectivity index (χ2n) is 6.87. The Bertz CT molecular complexity index is 1270. The smallest absolute Gasteiger partial charge is 0.212 e. The van der Waals surface area contributed by atoms with Crippen molar-refractivity contribution in [3.05, 3.63) is 54.2 Å². The summed E-state index contributed by atoms with van der Waals surface area (Å²) >= 11 is 0. The lowest BCUT2D eigenvalue weighted by Crippen LogP contribution is -2.31. The zero-order chi connectivity index (χ0) is 19.4. The van der Waals surface area contributed by atoms with Gasteiger partial charge < -0.3 is 15.2 Å². The third-order valence-corrected chi connectivity index (χ3v) is 5.12. The second kappa shape index (κ2) is 5.99. The summed E-state index contributed by atoms with van der Waals surface area (Å²) < 4.78 is 13.4. The lowest BCUT2D eigenvalue weighted by molar-refractivity contribution is 0.171. The molecule has 4 aromatic rings. The molecule has 0 amide bonds. The lowest BCUT2D eigenvalue weighted by Gasteiger charge is -2.24. The van der Waals surface area contributed by atoms with Gasteiger partial charge in [-0.3, -0.25) is 15.0 Å². The van der Waals surface area contributed by atoms with E-state index in [0.717, 1.165) is 39.4 Å². The van der Waals surface area contributed by atoms with Crippen LogP contribution in [0.4, 0.5) is 5.95 Å². The minimum absolute atomic E-state index is 0.312. The maximum atomic E-state index is 6.07. The van der Waals surface area contributed by atoms with E-state index in [1.807, 2.05) is 47.0 Å². The molecule has 0 saturated carbocycles. The Kier molecular flexibility index (Phi) is 3.31. The molecule has 4 N–H and O–H groups in total. The molecule has 9 nitrogen and oxygen atoms in total. The summed E-state index contributed by atoms with van der Waals surface area (Å²) in [4.78, 5) is 9.30. The van der Waals surface area contributed by atoms with Gasteiger partial charge in [0.1, 0.15) is 13.2 Å². The first-order chi connectivity index (χ1) is 14.3. The number of guanidine groups is 1. The largest absolute Gasteiger partial charge is 0.486 e. The summed E-state index contributed by atoms with van der Waals surface area (Å²) in [6, 6.07) is 13.8. The minimum Gasteiger partial charge on any atom is -0.486 e. The summed E-state index contributed by atoms with van der Waals surface area (Å²) in [5.41, 5.74) is 10.6. The zero-order valence-electron chi connectivity index (χ0n) is 15.3. The quantitative estimate of drug-likeness (QED) is 0.487. The van der Waals surface area contributed by atoms with E-state index in [1.165, 1.54) is 0 Å². The number of aromatic nitrogens is 4. The molecule has 6 rings (SSSR count). The van der Waals surface area contributed by atoms with E-state index in [4.69, 9.17) is 15.2 Å². The SMILES string of the molecule is NC1=N[C@H](c2cn[nH]c2-c2ccc3c(c2)OCCO3)n2c(nc3ccccc32)N1. The minimum atomic E-state index is -0.402. The molecule has 0 fully saturated rings. The van der Waals surface area contributed by atoms with Gasteiger partial charge in [-0.2, -0.15) is 5.10 Å². The highest BCUT2D eigenvalue weighted by molar-refractivity contribution is 5.95. The van der Waals surface area contributed by atoms with E-state index < -0.39 is 6.17 Å². The van der Waals surface area contributed by atoms with Gasteiger partial charge >= 0.3 is 0 Å². The van der Waals surface area contributed by atoms with Crippen LogP contribution >= 0.6 is 0 Å². The molecule has 2 aliphatic rings. The number of ether oxygens (including phenoxy) is 2. The molecular formula is C20H17N7O2. The Balaban J connectivity index is 1.51. The Morgan fingerprint density at radius 1 is 1.07 bits per heavy atom. The van der Waals surface area contributed by atoms with Crippen LogP contribution in [0.15, 0.2) is 53.7 Å². The molecule has 29 heavy (non-hydrogen) atoms. The number of rotatable bonds is 2. The number of fused-ring (bicyclic) bond motifs is 4. The van der Waals surface area contributed by atoms with Crippen LogP contribution in [0.2, 0.25) is 0 Å². The molecule has 4 heterocycles. The van der Waals surface area contributed by atoms with Gasteiger partial charge in [0.25, 0.3) is 0 Å². The van der Waals surface area contributed by atoms with Gasteiger partial charge in [0.2, 0.25) is 5.95 Å². The molecule has 0 spiro atoms. The van der Waals surface area contributed by atoms with E-state index in [1.54, 1.807) is 6.20 Å². The Hall–Kier alpha value is -4.01. The standard InChI is InChI=1S/C20H17N7O2/c21-19-24-18(27-14-4-2-1-3-13(14)23-20(27)25-19)12-10-22-26-17(12)11-5-6-15-16(9-11)29-8-7-28-15/h1-6,9-10,18H,7-8H2,(H,22,26)(H3,21,23,24,25)/t18-/m0/s1. The van der Waals surface area contributed by atoms with Gasteiger partial charge in [-0.05, 0) is 30.3 Å². The number of hydrogen-bond acceptors (Lipinski definition) is 7. The van der Waals surface area contributed by atoms with Crippen LogP contribution < -0.4 is 20.5 Å². The number of H-pyrrole nitrogens is 1. The first-order valence-electron chi connectivity index (χ1n) is 9.28. The summed E-state index contributed by atoms with van der Waals surface area (Å²) in [5, 5.41) is 10.4. The average molecular weight is 387 g/mol. The van der Waals surface area contributed by atoms with Crippen LogP contribution in [0.5, 0.6) is 11.5 Å². The molecule has 9 heteroatoms. The molecule has 144 valence electrons. The molecule has 2 aromatic heterocycles. The molecule has 0 unspecified atom stereocenters. The maximum absolute atomic E-state index is 6.07. The van der Waals surface area contributed by atoms with E-state index >= 15 is 0 Å². The Morgan fingerprint density at radius 2 is 1.93 bits per heavy atom. The number of hydrogen-bond donors (Lipinski definition) is 3. The fourth-order valence-electron chi connectivity index (χ4n) is 3.85. The summed E-state index contributed by atoms with van der Waals surface area (Å²) in [6.45, 7) is 1.09. The monoisotopic (exact) mass is 387 g/mol. The van der Waals surface area contributed by atoms with Gasteiger partial charge in [0, 0.05) is 11.1 Å². The van der Waals surface area contributed by atoms with Gasteiger partial charge in [0.15, 0.2) is 23.6 Å². The molecule has 2 aliphatic heterocycles. The van der Waals surface area contributed by atoms with Gasteiger partial charge in [0.05, 0.1) is 22.9 Å². The van der Waals surface area contributed by atoms with E-state index in [-0.39, 0.29) is 0 Å². The number of aliphatic imine (C=N–C) groups is 1. The third kappa shape index (κ3) is 2.44. The van der Waals surface area contributed by atoms with E-state index in [9.17, 15) is 0 Å². The predicted molar refractivity (Wildman–Crippen MR) is 108 cm³/mol. The highest BCUT2D eigenvalue weighted by atomic mass is 16.6.